The van der Waals surface area contributed by atoms with E-state index in [2.05, 4.69) is 0 Å². The second kappa shape index (κ2) is 7.29. The van der Waals surface area contributed by atoms with Crippen molar-refractivity contribution in [1.82, 2.24) is 4.90 Å². The number of carbonyl (C=O) groups is 1. The van der Waals surface area contributed by atoms with E-state index >= 15 is 0 Å². The van der Waals surface area contributed by atoms with Gasteiger partial charge in [-0.15, -0.1) is 0 Å². The Balaban J connectivity index is 1.94. The Kier molecular flexibility index (Phi) is 5.41. The van der Waals surface area contributed by atoms with Gasteiger partial charge in [0.2, 0.25) is 0 Å². The molecule has 0 bridgehead atoms. The van der Waals surface area contributed by atoms with E-state index in [4.69, 9.17) is 10.5 Å². The van der Waals surface area contributed by atoms with Gasteiger partial charge in [0, 0.05) is 24.7 Å². The fraction of sp³-hybridized carbons (Fsp3) is 0.562. The molecule has 2 rings (SSSR count). The Bertz CT molecular complexity index is 442. The molecule has 1 aliphatic rings. The number of piperidine rings is 1. The van der Waals surface area contributed by atoms with Crippen LogP contribution in [0.25, 0.3) is 0 Å². The maximum Gasteiger partial charge on any atom is 0.260 e. The van der Waals surface area contributed by atoms with Crippen molar-refractivity contribution in [1.29, 1.82) is 0 Å². The smallest absolute Gasteiger partial charge is 0.260 e. The van der Waals surface area contributed by atoms with Crippen LogP contribution in [0.4, 0.5) is 0 Å². The summed E-state index contributed by atoms with van der Waals surface area (Å²) in [6.07, 6.45) is 4.27. The van der Waals surface area contributed by atoms with Gasteiger partial charge in [0.05, 0.1) is 0 Å². The molecule has 1 saturated heterocycles. The van der Waals surface area contributed by atoms with Gasteiger partial charge in [-0.05, 0) is 31.7 Å². The summed E-state index contributed by atoms with van der Waals surface area (Å²) in [5.41, 5.74) is 7.04. The molecule has 20 heavy (non-hydrogen) atoms. The molecule has 4 nitrogen and oxygen atoms in total. The summed E-state index contributed by atoms with van der Waals surface area (Å²) in [6, 6.07) is 7.66. The van der Waals surface area contributed by atoms with Crippen LogP contribution < -0.4 is 10.5 Å². The van der Waals surface area contributed by atoms with E-state index < -0.39 is 0 Å². The van der Waals surface area contributed by atoms with Crippen LogP contribution in [0.3, 0.4) is 0 Å². The Labute approximate surface area is 120 Å². The number of para-hydroxylation sites is 1. The zero-order valence-electron chi connectivity index (χ0n) is 12.2. The lowest BCUT2D eigenvalue weighted by molar-refractivity contribution is -0.134. The zero-order chi connectivity index (χ0) is 14.4. The molecule has 0 saturated carbocycles. The van der Waals surface area contributed by atoms with E-state index in [1.165, 1.54) is 6.42 Å². The SMILES string of the molecule is CC[C@@H](N)c1ccccc1OCC(=O)N1CCCCC1. The monoisotopic (exact) mass is 276 g/mol. The highest BCUT2D eigenvalue weighted by Gasteiger charge is 2.18. The predicted octanol–water partition coefficient (Wildman–Crippen LogP) is 2.49. The summed E-state index contributed by atoms with van der Waals surface area (Å²) in [4.78, 5) is 14.0. The highest BCUT2D eigenvalue weighted by molar-refractivity contribution is 5.77. The molecule has 0 aromatic heterocycles. The van der Waals surface area contributed by atoms with Crippen LogP contribution in [0.2, 0.25) is 0 Å². The Morgan fingerprint density at radius 2 is 2.00 bits per heavy atom. The summed E-state index contributed by atoms with van der Waals surface area (Å²) >= 11 is 0. The lowest BCUT2D eigenvalue weighted by Crippen LogP contribution is -2.38. The first-order valence-electron chi connectivity index (χ1n) is 7.47. The average molecular weight is 276 g/mol. The van der Waals surface area contributed by atoms with Crippen molar-refractivity contribution in [3.05, 3.63) is 29.8 Å². The van der Waals surface area contributed by atoms with Gasteiger partial charge < -0.3 is 15.4 Å². The van der Waals surface area contributed by atoms with Gasteiger partial charge in [-0.2, -0.15) is 0 Å². The number of ether oxygens (including phenoxy) is 1. The third-order valence-electron chi connectivity index (χ3n) is 3.82. The minimum absolute atomic E-state index is 0.0451. The van der Waals surface area contributed by atoms with Crippen molar-refractivity contribution >= 4 is 5.91 Å². The van der Waals surface area contributed by atoms with Gasteiger partial charge in [0.1, 0.15) is 5.75 Å². The number of hydrogen-bond donors (Lipinski definition) is 1. The zero-order valence-corrected chi connectivity index (χ0v) is 12.2. The number of hydrogen-bond acceptors (Lipinski definition) is 3. The maximum atomic E-state index is 12.1. The normalized spacial score (nSPS) is 16.8. The van der Waals surface area contributed by atoms with E-state index in [1.807, 2.05) is 36.1 Å². The highest BCUT2D eigenvalue weighted by Crippen LogP contribution is 2.25. The molecule has 1 aromatic rings. The van der Waals surface area contributed by atoms with Crippen molar-refractivity contribution in [3.63, 3.8) is 0 Å². The maximum absolute atomic E-state index is 12.1. The lowest BCUT2D eigenvalue weighted by Gasteiger charge is -2.26. The third kappa shape index (κ3) is 3.73. The number of likely N-dealkylation sites (tertiary alicyclic amines) is 1. The highest BCUT2D eigenvalue weighted by atomic mass is 16.5. The fourth-order valence-electron chi connectivity index (χ4n) is 2.51. The van der Waals surface area contributed by atoms with Crippen LogP contribution in [0, 0.1) is 0 Å². The Morgan fingerprint density at radius 1 is 1.30 bits per heavy atom. The molecule has 0 aliphatic carbocycles. The molecule has 1 aliphatic heterocycles. The number of nitrogens with two attached hydrogens (primary N) is 1. The number of benzene rings is 1. The molecule has 110 valence electrons. The quantitative estimate of drug-likeness (QED) is 0.899. The first-order chi connectivity index (χ1) is 9.72. The molecule has 0 unspecified atom stereocenters. The van der Waals surface area contributed by atoms with Crippen LogP contribution in [0.5, 0.6) is 5.75 Å². The molecule has 1 fully saturated rings. The van der Waals surface area contributed by atoms with Gasteiger partial charge in [-0.1, -0.05) is 25.1 Å². The van der Waals surface area contributed by atoms with Gasteiger partial charge in [-0.25, -0.2) is 0 Å². The van der Waals surface area contributed by atoms with Crippen LogP contribution in [-0.4, -0.2) is 30.5 Å². The van der Waals surface area contributed by atoms with E-state index in [9.17, 15) is 4.79 Å². The summed E-state index contributed by atoms with van der Waals surface area (Å²) in [5.74, 6) is 0.803. The first kappa shape index (κ1) is 14.9. The van der Waals surface area contributed by atoms with Crippen molar-refractivity contribution in [2.45, 2.75) is 38.6 Å². The third-order valence-corrected chi connectivity index (χ3v) is 3.82. The molecule has 2 N–H and O–H groups in total. The standard InChI is InChI=1S/C16H24N2O2/c1-2-14(17)13-8-4-5-9-15(13)20-12-16(19)18-10-6-3-7-11-18/h4-5,8-9,14H,2-3,6-7,10-12,17H2,1H3/t14-/m1/s1. The second-order valence-corrected chi connectivity index (χ2v) is 5.28. The first-order valence-corrected chi connectivity index (χ1v) is 7.47. The van der Waals surface area contributed by atoms with Crippen LogP contribution in [-0.2, 0) is 4.79 Å². The van der Waals surface area contributed by atoms with E-state index in [0.717, 1.165) is 43.7 Å². The molecule has 0 spiro atoms. The molecule has 4 heteroatoms. The number of carbonyl (C=O) groups excluding carboxylic acids is 1. The van der Waals surface area contributed by atoms with E-state index in [-0.39, 0.29) is 18.6 Å². The summed E-state index contributed by atoms with van der Waals surface area (Å²) in [6.45, 7) is 3.87. The van der Waals surface area contributed by atoms with Crippen molar-refractivity contribution in [2.24, 2.45) is 5.73 Å². The largest absolute Gasteiger partial charge is 0.483 e. The molecule has 1 amide bonds. The lowest BCUT2D eigenvalue weighted by atomic mass is 10.0. The van der Waals surface area contributed by atoms with Gasteiger partial charge in [-0.3, -0.25) is 4.79 Å². The van der Waals surface area contributed by atoms with Gasteiger partial charge in [0.15, 0.2) is 6.61 Å². The van der Waals surface area contributed by atoms with Gasteiger partial charge >= 0.3 is 0 Å². The molecular weight excluding hydrogens is 252 g/mol. The summed E-state index contributed by atoms with van der Waals surface area (Å²) in [5, 5.41) is 0. The van der Waals surface area contributed by atoms with Crippen LogP contribution in [0.15, 0.2) is 24.3 Å². The average Bonchev–Trinajstić information content (AvgIpc) is 2.53. The van der Waals surface area contributed by atoms with Crippen LogP contribution in [0.1, 0.15) is 44.2 Å². The van der Waals surface area contributed by atoms with Crippen molar-refractivity contribution in [2.75, 3.05) is 19.7 Å². The molecule has 0 radical (unpaired) electrons. The van der Waals surface area contributed by atoms with Crippen molar-refractivity contribution in [3.8, 4) is 5.75 Å². The topological polar surface area (TPSA) is 55.6 Å². The summed E-state index contributed by atoms with van der Waals surface area (Å²) < 4.78 is 5.70. The number of rotatable bonds is 5. The fourth-order valence-corrected chi connectivity index (χ4v) is 2.51. The molecular formula is C16H24N2O2. The second-order valence-electron chi connectivity index (χ2n) is 5.28. The van der Waals surface area contributed by atoms with Crippen LogP contribution >= 0.6 is 0 Å². The van der Waals surface area contributed by atoms with Gasteiger partial charge in [0.25, 0.3) is 5.91 Å². The summed E-state index contributed by atoms with van der Waals surface area (Å²) in [7, 11) is 0. The van der Waals surface area contributed by atoms with E-state index in [0.29, 0.717) is 0 Å². The van der Waals surface area contributed by atoms with E-state index in [1.54, 1.807) is 0 Å². The van der Waals surface area contributed by atoms with Crippen molar-refractivity contribution < 1.29 is 9.53 Å². The predicted molar refractivity (Wildman–Crippen MR) is 79.6 cm³/mol. The minimum atomic E-state index is -0.0451. The molecule has 1 aromatic carbocycles. The number of nitrogens with zero attached hydrogens (tertiary/aromatic N) is 1. The molecule has 1 heterocycles. The minimum Gasteiger partial charge on any atom is -0.483 e. The number of amides is 1. The Hall–Kier alpha value is -1.55. The Morgan fingerprint density at radius 3 is 2.70 bits per heavy atom. The molecule has 1 atom stereocenters.